The molecule has 29 heavy (non-hydrogen) atoms. The molecule has 1 amide bonds. The molecule has 2 heterocycles. The van der Waals surface area contributed by atoms with Gasteiger partial charge in [-0.3, -0.25) is 24.3 Å². The average Bonchev–Trinajstić information content (AvgIpc) is 3.16. The molecule has 0 saturated heterocycles. The third-order valence-corrected chi connectivity index (χ3v) is 4.72. The van der Waals surface area contributed by atoms with E-state index in [1.165, 1.54) is 23.0 Å². The molecule has 2 aromatic heterocycles. The van der Waals surface area contributed by atoms with Gasteiger partial charge in [-0.1, -0.05) is 12.1 Å². The fourth-order valence-corrected chi connectivity index (χ4v) is 3.05. The van der Waals surface area contributed by atoms with Crippen LogP contribution in [-0.2, 0) is 17.9 Å². The number of benzene rings is 1. The lowest BCUT2D eigenvalue weighted by molar-refractivity contribution is -0.385. The summed E-state index contributed by atoms with van der Waals surface area (Å²) in [4.78, 5) is 22.8. The topological polar surface area (TPSA) is 108 Å². The average molecular weight is 400 g/mol. The quantitative estimate of drug-likeness (QED) is 0.484. The van der Waals surface area contributed by atoms with Crippen molar-refractivity contribution in [2.24, 2.45) is 0 Å². The van der Waals surface area contributed by atoms with Gasteiger partial charge >= 0.3 is 5.69 Å². The molecule has 0 atom stereocenters. The van der Waals surface area contributed by atoms with E-state index in [4.69, 9.17) is 0 Å². The maximum absolute atomic E-state index is 13.1. The van der Waals surface area contributed by atoms with Gasteiger partial charge in [-0.05, 0) is 38.5 Å². The molecule has 9 nitrogen and oxygen atoms in total. The number of halogens is 1. The smallest absolute Gasteiger partial charge is 0.309 e. The molecule has 10 heteroatoms. The van der Waals surface area contributed by atoms with E-state index in [0.717, 1.165) is 11.3 Å². The lowest BCUT2D eigenvalue weighted by Crippen LogP contribution is -2.16. The number of hydrogen-bond donors (Lipinski definition) is 1. The minimum atomic E-state index is -0.499. The van der Waals surface area contributed by atoms with Gasteiger partial charge in [0.25, 0.3) is 0 Å². The molecule has 0 spiro atoms. The van der Waals surface area contributed by atoms with Crippen molar-refractivity contribution in [2.45, 2.75) is 40.3 Å². The number of amides is 1. The summed E-state index contributed by atoms with van der Waals surface area (Å²) >= 11 is 0. The molecule has 0 unspecified atom stereocenters. The normalized spacial score (nSPS) is 10.9. The maximum atomic E-state index is 13.1. The number of nitro groups is 1. The molecule has 1 aromatic carbocycles. The van der Waals surface area contributed by atoms with Gasteiger partial charge in [0.2, 0.25) is 5.91 Å². The van der Waals surface area contributed by atoms with Gasteiger partial charge in [0.05, 0.1) is 35.1 Å². The van der Waals surface area contributed by atoms with Crippen LogP contribution in [0.3, 0.4) is 0 Å². The van der Waals surface area contributed by atoms with Crippen LogP contribution in [0, 0.1) is 36.7 Å². The standard InChI is InChI=1S/C19H21FN6O3/c1-12-19(14(3)25(23-12)11-15-4-6-16(20)7-5-15)22-18(27)8-9-24-13(2)17(10-21-24)26(28)29/h4-7,10H,8-9,11H2,1-3H3,(H,22,27). The van der Waals surface area contributed by atoms with Crippen LogP contribution in [0.4, 0.5) is 15.8 Å². The van der Waals surface area contributed by atoms with Crippen LogP contribution in [-0.4, -0.2) is 30.4 Å². The first-order valence-corrected chi connectivity index (χ1v) is 9.01. The lowest BCUT2D eigenvalue weighted by Gasteiger charge is -2.08. The van der Waals surface area contributed by atoms with Crippen molar-refractivity contribution < 1.29 is 14.1 Å². The summed E-state index contributed by atoms with van der Waals surface area (Å²) in [5, 5.41) is 22.2. The van der Waals surface area contributed by atoms with Gasteiger partial charge in [-0.25, -0.2) is 4.39 Å². The van der Waals surface area contributed by atoms with Crippen LogP contribution in [0.15, 0.2) is 30.5 Å². The molecule has 0 aliphatic rings. The zero-order valence-corrected chi connectivity index (χ0v) is 16.3. The third kappa shape index (κ3) is 4.48. The first-order valence-electron chi connectivity index (χ1n) is 9.01. The fourth-order valence-electron chi connectivity index (χ4n) is 3.05. The van der Waals surface area contributed by atoms with E-state index in [1.807, 2.05) is 6.92 Å². The number of hydrogen-bond acceptors (Lipinski definition) is 5. The molecular weight excluding hydrogens is 379 g/mol. The summed E-state index contributed by atoms with van der Waals surface area (Å²) in [5.74, 6) is -0.539. The van der Waals surface area contributed by atoms with E-state index in [-0.39, 0.29) is 30.4 Å². The van der Waals surface area contributed by atoms with Crippen molar-refractivity contribution in [3.05, 3.63) is 69.0 Å². The number of nitrogens with zero attached hydrogens (tertiary/aromatic N) is 5. The SMILES string of the molecule is Cc1nn(Cc2ccc(F)cc2)c(C)c1NC(=O)CCn1ncc([N+](=O)[O-])c1C. The van der Waals surface area contributed by atoms with Crippen LogP contribution in [0.2, 0.25) is 0 Å². The molecule has 3 rings (SSSR count). The van der Waals surface area contributed by atoms with Crippen LogP contribution in [0.25, 0.3) is 0 Å². The zero-order valence-electron chi connectivity index (χ0n) is 16.3. The number of carbonyl (C=O) groups is 1. The third-order valence-electron chi connectivity index (χ3n) is 4.72. The largest absolute Gasteiger partial charge is 0.323 e. The molecular formula is C19H21FN6O3. The summed E-state index contributed by atoms with van der Waals surface area (Å²) in [6.07, 6.45) is 1.29. The second kappa shape index (κ2) is 8.21. The van der Waals surface area contributed by atoms with E-state index >= 15 is 0 Å². The molecule has 0 fully saturated rings. The predicted octanol–water partition coefficient (Wildman–Crippen LogP) is 3.13. The molecule has 0 radical (unpaired) electrons. The Morgan fingerprint density at radius 1 is 1.17 bits per heavy atom. The van der Waals surface area contributed by atoms with Gasteiger partial charge in [-0.15, -0.1) is 0 Å². The molecule has 3 aromatic rings. The van der Waals surface area contributed by atoms with E-state index in [1.54, 1.807) is 30.7 Å². The number of aryl methyl sites for hydroxylation is 2. The Labute approximate surface area is 166 Å². The second-order valence-corrected chi connectivity index (χ2v) is 6.72. The molecule has 1 N–H and O–H groups in total. The van der Waals surface area contributed by atoms with Crippen LogP contribution in [0.1, 0.15) is 29.1 Å². The highest BCUT2D eigenvalue weighted by molar-refractivity contribution is 5.91. The van der Waals surface area contributed by atoms with Crippen molar-refractivity contribution in [1.82, 2.24) is 19.6 Å². The van der Waals surface area contributed by atoms with Gasteiger partial charge in [-0.2, -0.15) is 10.2 Å². The van der Waals surface area contributed by atoms with Crippen LogP contribution >= 0.6 is 0 Å². The number of aromatic nitrogens is 4. The monoisotopic (exact) mass is 400 g/mol. The highest BCUT2D eigenvalue weighted by Crippen LogP contribution is 2.21. The first kappa shape index (κ1) is 20.2. The molecule has 0 saturated carbocycles. The molecule has 152 valence electrons. The highest BCUT2D eigenvalue weighted by atomic mass is 19.1. The number of anilines is 1. The van der Waals surface area contributed by atoms with Crippen molar-refractivity contribution in [3.8, 4) is 0 Å². The van der Waals surface area contributed by atoms with Crippen LogP contribution in [0.5, 0.6) is 0 Å². The Bertz CT molecular complexity index is 1050. The van der Waals surface area contributed by atoms with Gasteiger partial charge < -0.3 is 5.32 Å². The molecule has 0 aliphatic carbocycles. The second-order valence-electron chi connectivity index (χ2n) is 6.72. The van der Waals surface area contributed by atoms with Gasteiger partial charge in [0, 0.05) is 6.42 Å². The Kier molecular flexibility index (Phi) is 5.71. The number of carbonyl (C=O) groups excluding carboxylic acids is 1. The van der Waals surface area contributed by atoms with Crippen molar-refractivity contribution >= 4 is 17.3 Å². The Hall–Kier alpha value is -3.56. The van der Waals surface area contributed by atoms with Crippen molar-refractivity contribution in [2.75, 3.05) is 5.32 Å². The summed E-state index contributed by atoms with van der Waals surface area (Å²) in [5.41, 5.74) is 3.31. The first-order chi connectivity index (χ1) is 13.8. The summed E-state index contributed by atoms with van der Waals surface area (Å²) in [6, 6.07) is 6.17. The summed E-state index contributed by atoms with van der Waals surface area (Å²) in [7, 11) is 0. The van der Waals surface area contributed by atoms with E-state index in [2.05, 4.69) is 15.5 Å². The van der Waals surface area contributed by atoms with Gasteiger partial charge in [0.1, 0.15) is 17.7 Å². The van der Waals surface area contributed by atoms with E-state index in [0.29, 0.717) is 23.6 Å². The van der Waals surface area contributed by atoms with Crippen molar-refractivity contribution in [3.63, 3.8) is 0 Å². The Balaban J connectivity index is 1.65. The van der Waals surface area contributed by atoms with E-state index in [9.17, 15) is 19.3 Å². The maximum Gasteiger partial charge on any atom is 0.309 e. The molecule has 0 aliphatic heterocycles. The highest BCUT2D eigenvalue weighted by Gasteiger charge is 2.18. The minimum Gasteiger partial charge on any atom is -0.323 e. The molecule has 0 bridgehead atoms. The fraction of sp³-hybridized carbons (Fsp3) is 0.316. The minimum absolute atomic E-state index is 0.0702. The number of rotatable bonds is 7. The Morgan fingerprint density at radius 3 is 2.48 bits per heavy atom. The number of nitrogens with one attached hydrogen (secondary N) is 1. The Morgan fingerprint density at radius 2 is 1.86 bits per heavy atom. The van der Waals surface area contributed by atoms with E-state index < -0.39 is 4.92 Å². The van der Waals surface area contributed by atoms with Crippen molar-refractivity contribution in [1.29, 1.82) is 0 Å². The summed E-state index contributed by atoms with van der Waals surface area (Å²) < 4.78 is 16.3. The van der Waals surface area contributed by atoms with Crippen LogP contribution < -0.4 is 5.32 Å². The van der Waals surface area contributed by atoms with Gasteiger partial charge in [0.15, 0.2) is 0 Å². The lowest BCUT2D eigenvalue weighted by atomic mass is 10.2. The zero-order chi connectivity index (χ0) is 21.1. The predicted molar refractivity (Wildman–Crippen MR) is 104 cm³/mol. The summed E-state index contributed by atoms with van der Waals surface area (Å²) in [6.45, 7) is 5.92.